The van der Waals surface area contributed by atoms with Gasteiger partial charge >= 0.3 is 6.03 Å². The second-order valence-corrected chi connectivity index (χ2v) is 5.45. The number of amides is 2. The average Bonchev–Trinajstić information content (AvgIpc) is 2.55. The maximum Gasteiger partial charge on any atom is 0.319 e. The number of likely N-dealkylation sites (N-methyl/N-ethyl adjacent to an activating group) is 1. The third-order valence-corrected chi connectivity index (χ3v) is 4.06. The van der Waals surface area contributed by atoms with Gasteiger partial charge in [0.25, 0.3) is 0 Å². The van der Waals surface area contributed by atoms with Gasteiger partial charge in [-0.05, 0) is 24.2 Å². The average molecular weight is 306 g/mol. The van der Waals surface area contributed by atoms with Gasteiger partial charge in [-0.3, -0.25) is 4.90 Å². The van der Waals surface area contributed by atoms with Gasteiger partial charge in [0.2, 0.25) is 0 Å². The zero-order valence-corrected chi connectivity index (χ0v) is 13.7. The quantitative estimate of drug-likeness (QED) is 0.867. The Hall–Kier alpha value is -1.79. The molecule has 0 spiro atoms. The molecule has 0 saturated carbocycles. The minimum Gasteiger partial charge on any atom is -0.495 e. The molecule has 1 fully saturated rings. The van der Waals surface area contributed by atoms with Gasteiger partial charge in [0.15, 0.2) is 0 Å². The summed E-state index contributed by atoms with van der Waals surface area (Å²) >= 11 is 0. The summed E-state index contributed by atoms with van der Waals surface area (Å²) in [6, 6.07) is 5.70. The van der Waals surface area contributed by atoms with Crippen molar-refractivity contribution in [1.29, 1.82) is 0 Å². The molecular weight excluding hydrogens is 280 g/mol. The van der Waals surface area contributed by atoms with E-state index in [1.54, 1.807) is 14.2 Å². The van der Waals surface area contributed by atoms with E-state index in [1.165, 1.54) is 5.56 Å². The molecule has 1 aromatic carbocycles. The van der Waals surface area contributed by atoms with Crippen molar-refractivity contribution in [3.8, 4) is 5.75 Å². The highest BCUT2D eigenvalue weighted by Gasteiger charge is 2.16. The Balaban J connectivity index is 2.02. The van der Waals surface area contributed by atoms with Gasteiger partial charge in [0, 0.05) is 39.8 Å². The lowest BCUT2D eigenvalue weighted by molar-refractivity contribution is 0.132. The van der Waals surface area contributed by atoms with E-state index in [2.05, 4.69) is 33.4 Å². The van der Waals surface area contributed by atoms with E-state index in [0.29, 0.717) is 11.4 Å². The van der Waals surface area contributed by atoms with Crippen LogP contribution in [0.1, 0.15) is 12.5 Å². The Bertz CT molecular complexity index is 499. The van der Waals surface area contributed by atoms with Crippen LogP contribution in [0.5, 0.6) is 5.75 Å². The Morgan fingerprint density at radius 1 is 1.23 bits per heavy atom. The first kappa shape index (κ1) is 16.6. The first-order valence-electron chi connectivity index (χ1n) is 7.76. The molecule has 0 aliphatic carbocycles. The molecule has 1 aliphatic rings. The highest BCUT2D eigenvalue weighted by molar-refractivity contribution is 5.90. The third kappa shape index (κ3) is 4.35. The van der Waals surface area contributed by atoms with Crippen LogP contribution >= 0.6 is 0 Å². The smallest absolute Gasteiger partial charge is 0.319 e. The van der Waals surface area contributed by atoms with Gasteiger partial charge in [-0.25, -0.2) is 4.79 Å². The molecule has 1 aliphatic heterocycles. The van der Waals surface area contributed by atoms with Crippen molar-refractivity contribution >= 4 is 11.7 Å². The molecule has 2 rings (SSSR count). The number of hydrogen-bond acceptors (Lipinski definition) is 4. The summed E-state index contributed by atoms with van der Waals surface area (Å²) < 4.78 is 5.30. The molecule has 122 valence electrons. The molecule has 2 amide bonds. The van der Waals surface area contributed by atoms with Gasteiger partial charge in [-0.1, -0.05) is 13.0 Å². The molecule has 1 aromatic rings. The monoisotopic (exact) mass is 306 g/mol. The van der Waals surface area contributed by atoms with Crippen LogP contribution in [0.2, 0.25) is 0 Å². The number of carbonyl (C=O) groups is 1. The molecule has 1 heterocycles. The molecule has 6 nitrogen and oxygen atoms in total. The van der Waals surface area contributed by atoms with Gasteiger partial charge in [-0.2, -0.15) is 0 Å². The fourth-order valence-electron chi connectivity index (χ4n) is 2.66. The van der Waals surface area contributed by atoms with Crippen molar-refractivity contribution in [3.05, 3.63) is 23.8 Å². The van der Waals surface area contributed by atoms with Gasteiger partial charge in [0.1, 0.15) is 5.75 Å². The van der Waals surface area contributed by atoms with Crippen LogP contribution in [0.25, 0.3) is 0 Å². The van der Waals surface area contributed by atoms with Crippen LogP contribution in [-0.4, -0.2) is 62.7 Å². The third-order valence-electron chi connectivity index (χ3n) is 4.06. The number of rotatable bonds is 5. The predicted molar refractivity (Wildman–Crippen MR) is 88.5 cm³/mol. The summed E-state index contributed by atoms with van der Waals surface area (Å²) in [4.78, 5) is 16.4. The minimum absolute atomic E-state index is 0.244. The van der Waals surface area contributed by atoms with Crippen LogP contribution in [-0.2, 0) is 6.54 Å². The maximum atomic E-state index is 11.5. The second kappa shape index (κ2) is 8.00. The lowest BCUT2D eigenvalue weighted by atomic mass is 10.1. The molecule has 1 saturated heterocycles. The summed E-state index contributed by atoms with van der Waals surface area (Å²) in [6.45, 7) is 8.62. The molecular formula is C16H26N4O2. The van der Waals surface area contributed by atoms with Crippen LogP contribution < -0.4 is 15.4 Å². The highest BCUT2D eigenvalue weighted by atomic mass is 16.5. The first-order chi connectivity index (χ1) is 10.7. The van der Waals surface area contributed by atoms with Crippen molar-refractivity contribution in [2.45, 2.75) is 13.5 Å². The largest absolute Gasteiger partial charge is 0.495 e. The highest BCUT2D eigenvalue weighted by Crippen LogP contribution is 2.26. The summed E-state index contributed by atoms with van der Waals surface area (Å²) in [5, 5.41) is 5.36. The van der Waals surface area contributed by atoms with Gasteiger partial charge in [0.05, 0.1) is 12.8 Å². The van der Waals surface area contributed by atoms with Crippen molar-refractivity contribution in [2.75, 3.05) is 52.2 Å². The van der Waals surface area contributed by atoms with E-state index in [1.807, 2.05) is 12.1 Å². The summed E-state index contributed by atoms with van der Waals surface area (Å²) in [6.07, 6.45) is 0. The van der Waals surface area contributed by atoms with Gasteiger partial charge in [-0.15, -0.1) is 0 Å². The fourth-order valence-corrected chi connectivity index (χ4v) is 2.66. The number of anilines is 1. The zero-order chi connectivity index (χ0) is 15.9. The number of nitrogens with zero attached hydrogens (tertiary/aromatic N) is 2. The predicted octanol–water partition coefficient (Wildman–Crippen LogP) is 1.58. The van der Waals surface area contributed by atoms with Crippen molar-refractivity contribution in [1.82, 2.24) is 15.1 Å². The Labute approximate surface area is 132 Å². The van der Waals surface area contributed by atoms with Crippen molar-refractivity contribution in [2.24, 2.45) is 0 Å². The van der Waals surface area contributed by atoms with Gasteiger partial charge < -0.3 is 20.3 Å². The summed E-state index contributed by atoms with van der Waals surface area (Å²) in [5.41, 5.74) is 1.88. The zero-order valence-electron chi connectivity index (χ0n) is 13.7. The lowest BCUT2D eigenvalue weighted by Crippen LogP contribution is -2.45. The Morgan fingerprint density at radius 2 is 1.91 bits per heavy atom. The molecule has 0 unspecified atom stereocenters. The topological polar surface area (TPSA) is 56.8 Å². The van der Waals surface area contributed by atoms with Crippen LogP contribution in [0.4, 0.5) is 10.5 Å². The molecule has 0 aromatic heterocycles. The maximum absolute atomic E-state index is 11.5. The standard InChI is InChI=1S/C16H26N4O2/c1-4-19-7-9-20(10-8-19)12-13-5-6-15(22-3)14(11-13)18-16(21)17-2/h5-6,11H,4,7-10,12H2,1-3H3,(H2,17,18,21). The molecule has 0 bridgehead atoms. The van der Waals surface area contributed by atoms with Crippen LogP contribution in [0, 0.1) is 0 Å². The number of urea groups is 1. The summed E-state index contributed by atoms with van der Waals surface area (Å²) in [7, 11) is 3.20. The van der Waals surface area contributed by atoms with E-state index in [4.69, 9.17) is 4.74 Å². The second-order valence-electron chi connectivity index (χ2n) is 5.45. The van der Waals surface area contributed by atoms with Crippen LogP contribution in [0.3, 0.4) is 0 Å². The number of hydrogen-bond donors (Lipinski definition) is 2. The number of piperazine rings is 1. The van der Waals surface area contributed by atoms with E-state index in [0.717, 1.165) is 39.3 Å². The normalized spacial score (nSPS) is 16.3. The molecule has 22 heavy (non-hydrogen) atoms. The molecule has 0 radical (unpaired) electrons. The number of benzene rings is 1. The number of ether oxygens (including phenoxy) is 1. The van der Waals surface area contributed by atoms with Crippen molar-refractivity contribution in [3.63, 3.8) is 0 Å². The minimum atomic E-state index is -0.244. The molecule has 0 atom stereocenters. The Morgan fingerprint density at radius 3 is 2.50 bits per heavy atom. The molecule has 6 heteroatoms. The molecule has 2 N–H and O–H groups in total. The number of carbonyl (C=O) groups excluding carboxylic acids is 1. The van der Waals surface area contributed by atoms with E-state index in [9.17, 15) is 4.79 Å². The van der Waals surface area contributed by atoms with E-state index < -0.39 is 0 Å². The first-order valence-corrected chi connectivity index (χ1v) is 7.76. The summed E-state index contributed by atoms with van der Waals surface area (Å²) in [5.74, 6) is 0.670. The van der Waals surface area contributed by atoms with E-state index >= 15 is 0 Å². The SMILES string of the molecule is CCN1CCN(Cc2ccc(OC)c(NC(=O)NC)c2)CC1. The fraction of sp³-hybridized carbons (Fsp3) is 0.562. The number of nitrogens with one attached hydrogen (secondary N) is 2. The number of methoxy groups -OCH3 is 1. The van der Waals surface area contributed by atoms with Crippen molar-refractivity contribution < 1.29 is 9.53 Å². The van der Waals surface area contributed by atoms with E-state index in [-0.39, 0.29) is 6.03 Å². The Kier molecular flexibility index (Phi) is 6.03. The lowest BCUT2D eigenvalue weighted by Gasteiger charge is -2.34. The van der Waals surface area contributed by atoms with Crippen LogP contribution in [0.15, 0.2) is 18.2 Å².